The zero-order valence-corrected chi connectivity index (χ0v) is 22.3. The van der Waals surface area contributed by atoms with Crippen LogP contribution in [0.2, 0.25) is 0 Å². The van der Waals surface area contributed by atoms with E-state index in [1.165, 1.54) is 25.7 Å². The Labute approximate surface area is 195 Å². The summed E-state index contributed by atoms with van der Waals surface area (Å²) in [5, 5.41) is 0. The molecule has 0 bridgehead atoms. The van der Waals surface area contributed by atoms with E-state index in [4.69, 9.17) is 9.47 Å². The van der Waals surface area contributed by atoms with E-state index in [2.05, 4.69) is 53.0 Å². The van der Waals surface area contributed by atoms with Crippen LogP contribution in [0.1, 0.15) is 79.1 Å². The summed E-state index contributed by atoms with van der Waals surface area (Å²) in [6, 6.07) is 0. The second kappa shape index (κ2) is 24.5. The van der Waals surface area contributed by atoms with Crippen LogP contribution in [0.3, 0.4) is 0 Å². The number of esters is 2. The fraction of sp³-hybridized carbons (Fsp3) is 0.900. The predicted molar refractivity (Wildman–Crippen MR) is 122 cm³/mol. The first-order chi connectivity index (χ1) is 12.3. The molecule has 160 valence electrons. The minimum Gasteiger partial charge on any atom is -0.465 e. The Bertz CT molecular complexity index is 308. The summed E-state index contributed by atoms with van der Waals surface area (Å²) < 4.78 is 9.77. The van der Waals surface area contributed by atoms with Crippen LogP contribution >= 0.6 is 25.3 Å². The largest absolute Gasteiger partial charge is 0.465 e. The van der Waals surface area contributed by atoms with Gasteiger partial charge in [0, 0.05) is 23.9 Å². The van der Waals surface area contributed by atoms with Crippen LogP contribution in [0.15, 0.2) is 0 Å². The van der Waals surface area contributed by atoms with E-state index in [0.29, 0.717) is 13.2 Å². The van der Waals surface area contributed by atoms with Crippen molar-refractivity contribution in [2.45, 2.75) is 79.1 Å². The second-order valence-corrected chi connectivity index (χ2v) is 7.88. The van der Waals surface area contributed by atoms with Crippen LogP contribution in [0.25, 0.3) is 0 Å². The van der Waals surface area contributed by atoms with Crippen LogP contribution < -0.4 is 0 Å². The summed E-state index contributed by atoms with van der Waals surface area (Å²) in [5.41, 5.74) is 0. The normalized spacial score (nSPS) is 10.1. The molecule has 0 amide bonds. The van der Waals surface area contributed by atoms with Crippen molar-refractivity contribution in [3.8, 4) is 0 Å². The van der Waals surface area contributed by atoms with Gasteiger partial charge in [0.2, 0.25) is 0 Å². The monoisotopic (exact) mass is 528 g/mol. The quantitative estimate of drug-likeness (QED) is 0.145. The van der Waals surface area contributed by atoms with E-state index in [-0.39, 0.29) is 47.4 Å². The van der Waals surface area contributed by atoms with Gasteiger partial charge in [-0.25, -0.2) is 0 Å². The molecule has 27 heavy (non-hydrogen) atoms. The third-order valence-electron chi connectivity index (χ3n) is 3.64. The molecule has 0 aromatic rings. The van der Waals surface area contributed by atoms with Crippen LogP contribution in [-0.2, 0) is 19.1 Å². The molecule has 0 heterocycles. The molecule has 0 unspecified atom stereocenters. The molecule has 4 radical (unpaired) electrons. The Morgan fingerprint density at radius 1 is 0.667 bits per heavy atom. The Morgan fingerprint density at radius 2 is 1.00 bits per heavy atom. The molecular formula is C20H40O4S2Sn. The molecule has 0 N–H and O–H groups in total. The van der Waals surface area contributed by atoms with Gasteiger partial charge in [0.25, 0.3) is 0 Å². The minimum absolute atomic E-state index is 0. The van der Waals surface area contributed by atoms with E-state index >= 15 is 0 Å². The number of unbranched alkanes of at least 4 members (excludes halogenated alkanes) is 4. The SMILES string of the molecule is CC(C)CCCCCOC(=O)CS.CC(C)CCCCCOC(=O)CS.[Sn]. The van der Waals surface area contributed by atoms with Gasteiger partial charge in [-0.05, 0) is 24.7 Å². The van der Waals surface area contributed by atoms with E-state index in [1.54, 1.807) is 0 Å². The van der Waals surface area contributed by atoms with Gasteiger partial charge < -0.3 is 9.47 Å². The van der Waals surface area contributed by atoms with Gasteiger partial charge in [0.15, 0.2) is 0 Å². The van der Waals surface area contributed by atoms with Crippen molar-refractivity contribution in [3.63, 3.8) is 0 Å². The molecular weight excluding hydrogens is 487 g/mol. The topological polar surface area (TPSA) is 52.6 Å². The van der Waals surface area contributed by atoms with E-state index in [1.807, 2.05) is 0 Å². The van der Waals surface area contributed by atoms with Crippen molar-refractivity contribution in [2.75, 3.05) is 24.7 Å². The van der Waals surface area contributed by atoms with Crippen molar-refractivity contribution >= 4 is 61.1 Å². The third kappa shape index (κ3) is 31.4. The van der Waals surface area contributed by atoms with Crippen molar-refractivity contribution in [2.24, 2.45) is 11.8 Å². The van der Waals surface area contributed by atoms with Gasteiger partial charge in [0.1, 0.15) is 0 Å². The molecule has 0 atom stereocenters. The first kappa shape index (κ1) is 32.1. The number of rotatable bonds is 14. The Morgan fingerprint density at radius 3 is 1.26 bits per heavy atom. The summed E-state index contributed by atoms with van der Waals surface area (Å²) in [5.74, 6) is 1.50. The number of carbonyl (C=O) groups excluding carboxylic acids is 2. The van der Waals surface area contributed by atoms with E-state index in [9.17, 15) is 9.59 Å². The molecule has 0 spiro atoms. The first-order valence-electron chi connectivity index (χ1n) is 9.86. The van der Waals surface area contributed by atoms with Gasteiger partial charge >= 0.3 is 11.9 Å². The second-order valence-electron chi connectivity index (χ2n) is 7.24. The standard InChI is InChI=1S/2C10H20O2S.Sn/c2*1-9(2)6-4-3-5-7-12-10(11)8-13;/h2*9,13H,3-8H2,1-2H3;. The van der Waals surface area contributed by atoms with Crippen molar-refractivity contribution in [1.82, 2.24) is 0 Å². The number of hydrogen-bond donors (Lipinski definition) is 2. The number of ether oxygens (including phenoxy) is 2. The van der Waals surface area contributed by atoms with Crippen molar-refractivity contribution < 1.29 is 19.1 Å². The van der Waals surface area contributed by atoms with Gasteiger partial charge in [0.05, 0.1) is 24.7 Å². The number of hydrogen-bond acceptors (Lipinski definition) is 6. The fourth-order valence-electron chi connectivity index (χ4n) is 2.13. The number of carbonyl (C=O) groups is 2. The molecule has 0 rings (SSSR count). The zero-order chi connectivity index (χ0) is 20.2. The van der Waals surface area contributed by atoms with Crippen LogP contribution in [0, 0.1) is 11.8 Å². The molecule has 0 aliphatic rings. The maximum atomic E-state index is 10.7. The van der Waals surface area contributed by atoms with Crippen molar-refractivity contribution in [1.29, 1.82) is 0 Å². The molecule has 0 fully saturated rings. The van der Waals surface area contributed by atoms with Gasteiger partial charge in [-0.1, -0.05) is 66.2 Å². The summed E-state index contributed by atoms with van der Waals surface area (Å²) >= 11 is 7.62. The Balaban J connectivity index is -0.000000411. The molecule has 0 saturated heterocycles. The smallest absolute Gasteiger partial charge is 0.315 e. The summed E-state index contributed by atoms with van der Waals surface area (Å²) in [6.07, 6.45) is 9.25. The molecule has 0 aliphatic heterocycles. The molecule has 4 nitrogen and oxygen atoms in total. The molecule has 0 aromatic heterocycles. The fourth-order valence-corrected chi connectivity index (χ4v) is 2.31. The molecule has 7 heteroatoms. The molecule has 0 aromatic carbocycles. The molecule has 0 aliphatic carbocycles. The van der Waals surface area contributed by atoms with Gasteiger partial charge in [-0.15, -0.1) is 0 Å². The zero-order valence-electron chi connectivity index (χ0n) is 17.7. The van der Waals surface area contributed by atoms with Crippen LogP contribution in [0.4, 0.5) is 0 Å². The van der Waals surface area contributed by atoms with Crippen LogP contribution in [0.5, 0.6) is 0 Å². The Hall–Kier alpha value is 0.439. The summed E-state index contributed by atoms with van der Waals surface area (Å²) in [6.45, 7) is 10.00. The number of thiol groups is 2. The summed E-state index contributed by atoms with van der Waals surface area (Å²) in [4.78, 5) is 21.3. The predicted octanol–water partition coefficient (Wildman–Crippen LogP) is 4.97. The Kier molecular flexibility index (Phi) is 29.1. The maximum Gasteiger partial charge on any atom is 0.315 e. The first-order valence-corrected chi connectivity index (χ1v) is 11.1. The average molecular weight is 527 g/mol. The maximum absolute atomic E-state index is 10.7. The third-order valence-corrected chi connectivity index (χ3v) is 4.15. The van der Waals surface area contributed by atoms with Gasteiger partial charge in [-0.3, -0.25) is 9.59 Å². The van der Waals surface area contributed by atoms with Crippen molar-refractivity contribution in [3.05, 3.63) is 0 Å². The van der Waals surface area contributed by atoms with E-state index < -0.39 is 0 Å². The minimum atomic E-state index is -0.216. The molecule has 0 saturated carbocycles. The van der Waals surface area contributed by atoms with Crippen LogP contribution in [-0.4, -0.2) is 60.6 Å². The van der Waals surface area contributed by atoms with Gasteiger partial charge in [-0.2, -0.15) is 25.3 Å². The average Bonchev–Trinajstić information content (AvgIpc) is 2.60. The van der Waals surface area contributed by atoms with E-state index in [0.717, 1.165) is 37.5 Å². The summed E-state index contributed by atoms with van der Waals surface area (Å²) in [7, 11) is 0.